The summed E-state index contributed by atoms with van der Waals surface area (Å²) in [5.74, 6) is -0.387. The number of primary amides is 1. The Morgan fingerprint density at radius 3 is 1.97 bits per heavy atom. The van der Waals surface area contributed by atoms with Gasteiger partial charge >= 0.3 is 0 Å². The molecule has 2 N–H and O–H groups in total. The average molecular weight is 389 g/mol. The van der Waals surface area contributed by atoms with E-state index < -0.39 is 5.41 Å². The molecule has 4 nitrogen and oxygen atoms in total. The summed E-state index contributed by atoms with van der Waals surface area (Å²) < 4.78 is 2.12. The first-order valence-electron chi connectivity index (χ1n) is 10.2. The van der Waals surface area contributed by atoms with Gasteiger partial charge in [0.15, 0.2) is 0 Å². The van der Waals surface area contributed by atoms with Crippen LogP contribution in [0, 0.1) is 0 Å². The quantitative estimate of drug-likeness (QED) is 0.389. The molecule has 2 aromatic carbocycles. The van der Waals surface area contributed by atoms with Crippen LogP contribution in [-0.4, -0.2) is 16.8 Å². The van der Waals surface area contributed by atoms with Crippen LogP contribution in [0.2, 0.25) is 0 Å². The first kappa shape index (κ1) is 20.6. The molecule has 0 radical (unpaired) electrons. The maximum atomic E-state index is 13.0. The second kappa shape index (κ2) is 9.87. The molecular formula is C25H28N2O2. The monoisotopic (exact) mass is 388 g/mol. The molecule has 0 atom stereocenters. The van der Waals surface area contributed by atoms with E-state index in [1.54, 1.807) is 0 Å². The maximum Gasteiger partial charge on any atom is 0.237 e. The highest BCUT2D eigenvalue weighted by molar-refractivity contribution is 5.95. The Bertz CT molecular complexity index is 877. The molecule has 1 aromatic heterocycles. The van der Waals surface area contributed by atoms with E-state index in [0.717, 1.165) is 55.2 Å². The minimum absolute atomic E-state index is 0.387. The molecule has 0 aliphatic rings. The van der Waals surface area contributed by atoms with E-state index in [2.05, 4.69) is 4.57 Å². The third-order valence-corrected chi connectivity index (χ3v) is 5.45. The minimum Gasteiger partial charge on any atom is -0.368 e. The first-order valence-corrected chi connectivity index (χ1v) is 10.2. The van der Waals surface area contributed by atoms with Gasteiger partial charge in [0.25, 0.3) is 0 Å². The normalized spacial score (nSPS) is 11.3. The Morgan fingerprint density at radius 2 is 1.41 bits per heavy atom. The lowest BCUT2D eigenvalue weighted by molar-refractivity contribution is -0.121. The Morgan fingerprint density at radius 1 is 0.828 bits per heavy atom. The van der Waals surface area contributed by atoms with Crippen LogP contribution in [0.1, 0.15) is 48.8 Å². The summed E-state index contributed by atoms with van der Waals surface area (Å²) in [6.45, 7) is 0.875. The number of amides is 1. The van der Waals surface area contributed by atoms with Crippen LogP contribution in [-0.2, 0) is 21.5 Å². The fourth-order valence-corrected chi connectivity index (χ4v) is 3.98. The number of nitrogens with zero attached hydrogens (tertiary/aromatic N) is 1. The van der Waals surface area contributed by atoms with Crippen LogP contribution < -0.4 is 5.73 Å². The summed E-state index contributed by atoms with van der Waals surface area (Å²) in [5.41, 5.74) is 7.65. The first-order chi connectivity index (χ1) is 14.2. The van der Waals surface area contributed by atoms with Crippen molar-refractivity contribution in [3.8, 4) is 0 Å². The zero-order chi connectivity index (χ0) is 20.5. The van der Waals surface area contributed by atoms with Gasteiger partial charge in [-0.05, 0) is 35.6 Å². The second-order valence-corrected chi connectivity index (χ2v) is 7.35. The fraction of sp³-hybridized carbons (Fsp3) is 0.280. The van der Waals surface area contributed by atoms with Gasteiger partial charge in [0, 0.05) is 25.4 Å². The standard InChI is InChI=1S/C25H28N2O2/c26-24(29)25(21-12-6-4-7-13-21,22-14-8-5-9-15-22)23-16-18-27(20-23)17-10-2-1-3-11-19-28/h4-9,12-16,18-20H,1-3,10-11,17H2,(H2,26,29). The Balaban J connectivity index is 1.91. The van der Waals surface area contributed by atoms with Crippen LogP contribution in [0.3, 0.4) is 0 Å². The molecule has 29 heavy (non-hydrogen) atoms. The van der Waals surface area contributed by atoms with Gasteiger partial charge in [0.1, 0.15) is 11.7 Å². The van der Waals surface area contributed by atoms with Crippen molar-refractivity contribution in [3.63, 3.8) is 0 Å². The van der Waals surface area contributed by atoms with Gasteiger partial charge in [-0.15, -0.1) is 0 Å². The van der Waals surface area contributed by atoms with E-state index in [0.29, 0.717) is 6.42 Å². The van der Waals surface area contributed by atoms with Gasteiger partial charge in [0.05, 0.1) is 0 Å². The number of aromatic nitrogens is 1. The van der Waals surface area contributed by atoms with Crippen LogP contribution in [0.5, 0.6) is 0 Å². The number of unbranched alkanes of at least 4 members (excludes halogenated alkanes) is 4. The number of nitrogens with two attached hydrogens (primary N) is 1. The van der Waals surface area contributed by atoms with Crippen molar-refractivity contribution in [2.24, 2.45) is 5.73 Å². The van der Waals surface area contributed by atoms with Gasteiger partial charge in [-0.1, -0.05) is 73.5 Å². The van der Waals surface area contributed by atoms with E-state index >= 15 is 0 Å². The van der Waals surface area contributed by atoms with E-state index in [9.17, 15) is 9.59 Å². The van der Waals surface area contributed by atoms with Gasteiger partial charge < -0.3 is 15.1 Å². The van der Waals surface area contributed by atoms with Gasteiger partial charge in [-0.2, -0.15) is 0 Å². The zero-order valence-corrected chi connectivity index (χ0v) is 16.7. The van der Waals surface area contributed by atoms with E-state index in [-0.39, 0.29) is 5.91 Å². The Labute approximate surface area is 172 Å². The highest BCUT2D eigenvalue weighted by Gasteiger charge is 2.42. The highest BCUT2D eigenvalue weighted by Crippen LogP contribution is 2.39. The van der Waals surface area contributed by atoms with Crippen LogP contribution in [0.25, 0.3) is 0 Å². The average Bonchev–Trinajstić information content (AvgIpc) is 3.21. The van der Waals surface area contributed by atoms with Crippen LogP contribution >= 0.6 is 0 Å². The van der Waals surface area contributed by atoms with Gasteiger partial charge in [-0.3, -0.25) is 4.79 Å². The summed E-state index contributed by atoms with van der Waals surface area (Å²) in [6.07, 6.45) is 9.81. The lowest BCUT2D eigenvalue weighted by Crippen LogP contribution is -2.43. The number of hydrogen-bond donors (Lipinski definition) is 1. The van der Waals surface area contributed by atoms with Crippen molar-refractivity contribution in [3.05, 3.63) is 95.8 Å². The van der Waals surface area contributed by atoms with Gasteiger partial charge in [-0.25, -0.2) is 0 Å². The predicted molar refractivity (Wildman–Crippen MR) is 116 cm³/mol. The van der Waals surface area contributed by atoms with E-state index in [1.807, 2.05) is 79.1 Å². The van der Waals surface area contributed by atoms with Crippen molar-refractivity contribution < 1.29 is 9.59 Å². The SMILES string of the molecule is NC(=O)C(c1ccccc1)(c1ccccc1)c1ccn(CCCCCCC=O)c1. The number of carbonyl (C=O) groups is 2. The molecule has 3 aromatic rings. The van der Waals surface area contributed by atoms with Crippen molar-refractivity contribution in [2.75, 3.05) is 0 Å². The summed E-state index contributed by atoms with van der Waals surface area (Å²) in [6, 6.07) is 21.5. The van der Waals surface area contributed by atoms with Crippen molar-refractivity contribution in [1.29, 1.82) is 0 Å². The van der Waals surface area contributed by atoms with Crippen molar-refractivity contribution in [2.45, 2.75) is 44.1 Å². The lowest BCUT2D eigenvalue weighted by Gasteiger charge is -2.31. The fourth-order valence-electron chi connectivity index (χ4n) is 3.98. The molecule has 0 aliphatic heterocycles. The number of hydrogen-bond acceptors (Lipinski definition) is 2. The number of rotatable bonds is 11. The van der Waals surface area contributed by atoms with Crippen LogP contribution in [0.4, 0.5) is 0 Å². The number of aldehydes is 1. The second-order valence-electron chi connectivity index (χ2n) is 7.35. The van der Waals surface area contributed by atoms with Gasteiger partial charge in [0.2, 0.25) is 5.91 Å². The highest BCUT2D eigenvalue weighted by atomic mass is 16.1. The maximum absolute atomic E-state index is 13.0. The minimum atomic E-state index is -1.03. The Kier molecular flexibility index (Phi) is 7.01. The van der Waals surface area contributed by atoms with Crippen molar-refractivity contribution >= 4 is 12.2 Å². The molecule has 0 saturated carbocycles. The third-order valence-electron chi connectivity index (χ3n) is 5.45. The molecule has 0 aliphatic carbocycles. The molecular weight excluding hydrogens is 360 g/mol. The van der Waals surface area contributed by atoms with E-state index in [4.69, 9.17) is 5.73 Å². The predicted octanol–water partition coefficient (Wildman–Crippen LogP) is 4.46. The van der Waals surface area contributed by atoms with Crippen molar-refractivity contribution in [1.82, 2.24) is 4.57 Å². The van der Waals surface area contributed by atoms with Crippen LogP contribution in [0.15, 0.2) is 79.1 Å². The molecule has 3 rings (SSSR count). The number of aryl methyl sites for hydroxylation is 1. The zero-order valence-electron chi connectivity index (χ0n) is 16.7. The molecule has 4 heteroatoms. The molecule has 0 saturated heterocycles. The lowest BCUT2D eigenvalue weighted by atomic mass is 9.69. The summed E-state index contributed by atoms with van der Waals surface area (Å²) in [7, 11) is 0. The Hall–Kier alpha value is -3.14. The molecule has 0 fully saturated rings. The molecule has 0 spiro atoms. The number of carbonyl (C=O) groups excluding carboxylic acids is 2. The van der Waals surface area contributed by atoms with E-state index in [1.165, 1.54) is 0 Å². The largest absolute Gasteiger partial charge is 0.368 e. The third kappa shape index (κ3) is 4.48. The smallest absolute Gasteiger partial charge is 0.237 e. The molecule has 1 amide bonds. The summed E-state index contributed by atoms with van der Waals surface area (Å²) >= 11 is 0. The topological polar surface area (TPSA) is 65.1 Å². The molecule has 150 valence electrons. The molecule has 0 unspecified atom stereocenters. The number of benzene rings is 2. The molecule has 0 bridgehead atoms. The molecule has 1 heterocycles. The summed E-state index contributed by atoms with van der Waals surface area (Å²) in [5, 5.41) is 0. The summed E-state index contributed by atoms with van der Waals surface area (Å²) in [4.78, 5) is 23.4.